The van der Waals surface area contributed by atoms with E-state index in [4.69, 9.17) is 4.42 Å². The van der Waals surface area contributed by atoms with E-state index in [0.29, 0.717) is 25.4 Å². The molecular formula is C19H20N4O3. The number of aromatic amines is 1. The Labute approximate surface area is 150 Å². The molecule has 0 radical (unpaired) electrons. The molecule has 3 aromatic rings. The summed E-state index contributed by atoms with van der Waals surface area (Å²) in [5, 5.41) is 6.60. The fourth-order valence-electron chi connectivity index (χ4n) is 3.30. The van der Waals surface area contributed by atoms with Gasteiger partial charge in [0.25, 0.3) is 0 Å². The Morgan fingerprint density at radius 2 is 2.04 bits per heavy atom. The molecule has 3 amide bonds. The summed E-state index contributed by atoms with van der Waals surface area (Å²) in [6.45, 7) is 1.40. The van der Waals surface area contributed by atoms with Crippen LogP contribution in [0.2, 0.25) is 0 Å². The van der Waals surface area contributed by atoms with Crippen molar-refractivity contribution in [2.24, 2.45) is 0 Å². The van der Waals surface area contributed by atoms with E-state index in [-0.39, 0.29) is 18.5 Å². The topological polar surface area (TPSA) is 90.4 Å². The quantitative estimate of drug-likeness (QED) is 0.672. The highest BCUT2D eigenvalue weighted by atomic mass is 16.3. The molecule has 0 atom stereocenters. The Balaban J connectivity index is 1.31. The molecule has 0 saturated heterocycles. The van der Waals surface area contributed by atoms with Crippen LogP contribution in [0.3, 0.4) is 0 Å². The number of H-pyrrole nitrogens is 1. The van der Waals surface area contributed by atoms with Crippen LogP contribution < -0.4 is 10.6 Å². The minimum atomic E-state index is -0.252. The highest BCUT2D eigenvalue weighted by Crippen LogP contribution is 2.27. The Morgan fingerprint density at radius 1 is 1.15 bits per heavy atom. The lowest BCUT2D eigenvalue weighted by Gasteiger charge is -2.27. The summed E-state index contributed by atoms with van der Waals surface area (Å²) < 4.78 is 5.15. The Hall–Kier alpha value is -3.22. The van der Waals surface area contributed by atoms with Crippen LogP contribution in [-0.2, 0) is 24.3 Å². The SMILES string of the molecule is O=C(CNC(=O)N1CCc2c([nH]c3ccccc23)C1)NCc1ccco1. The zero-order chi connectivity index (χ0) is 17.9. The van der Waals surface area contributed by atoms with Gasteiger partial charge >= 0.3 is 6.03 Å². The van der Waals surface area contributed by atoms with Gasteiger partial charge < -0.3 is 24.9 Å². The minimum absolute atomic E-state index is 0.0599. The first-order valence-electron chi connectivity index (χ1n) is 8.61. The predicted molar refractivity (Wildman–Crippen MR) is 96.4 cm³/mol. The molecule has 7 heteroatoms. The largest absolute Gasteiger partial charge is 0.467 e. The van der Waals surface area contributed by atoms with Gasteiger partial charge in [-0.25, -0.2) is 4.79 Å². The van der Waals surface area contributed by atoms with Gasteiger partial charge in [0, 0.05) is 23.1 Å². The molecule has 0 bridgehead atoms. The molecule has 7 nitrogen and oxygen atoms in total. The molecule has 0 saturated carbocycles. The summed E-state index contributed by atoms with van der Waals surface area (Å²) in [6.07, 6.45) is 2.36. The number of aromatic nitrogens is 1. The number of urea groups is 1. The van der Waals surface area contributed by atoms with E-state index in [0.717, 1.165) is 17.6 Å². The average Bonchev–Trinajstić information content (AvgIpc) is 3.31. The second-order valence-electron chi connectivity index (χ2n) is 6.31. The van der Waals surface area contributed by atoms with Crippen molar-refractivity contribution in [2.75, 3.05) is 13.1 Å². The number of para-hydroxylation sites is 1. The molecule has 4 rings (SSSR count). The van der Waals surface area contributed by atoms with Crippen molar-refractivity contribution in [1.29, 1.82) is 0 Å². The van der Waals surface area contributed by atoms with Crippen molar-refractivity contribution < 1.29 is 14.0 Å². The van der Waals surface area contributed by atoms with Crippen molar-refractivity contribution in [2.45, 2.75) is 19.5 Å². The van der Waals surface area contributed by atoms with E-state index >= 15 is 0 Å². The number of benzene rings is 1. The van der Waals surface area contributed by atoms with Crippen LogP contribution in [-0.4, -0.2) is 34.9 Å². The van der Waals surface area contributed by atoms with Crippen LogP contribution in [0.5, 0.6) is 0 Å². The number of rotatable bonds is 4. The van der Waals surface area contributed by atoms with Gasteiger partial charge in [-0.05, 0) is 30.2 Å². The molecule has 0 unspecified atom stereocenters. The number of nitrogens with one attached hydrogen (secondary N) is 3. The summed E-state index contributed by atoms with van der Waals surface area (Å²) in [4.78, 5) is 29.3. The van der Waals surface area contributed by atoms with Crippen molar-refractivity contribution in [3.8, 4) is 0 Å². The van der Waals surface area contributed by atoms with Crippen molar-refractivity contribution in [3.05, 3.63) is 59.7 Å². The molecule has 2 aromatic heterocycles. The van der Waals surface area contributed by atoms with E-state index < -0.39 is 0 Å². The maximum atomic E-state index is 12.4. The van der Waals surface area contributed by atoms with E-state index in [1.54, 1.807) is 23.3 Å². The third-order valence-electron chi connectivity index (χ3n) is 4.61. The lowest BCUT2D eigenvalue weighted by atomic mass is 10.0. The fraction of sp³-hybridized carbons (Fsp3) is 0.263. The number of carbonyl (C=O) groups is 2. The standard InChI is InChI=1S/C19H20N4O3/c24-18(20-10-13-4-3-9-26-13)11-21-19(25)23-8-7-15-14-5-1-2-6-16(14)22-17(15)12-23/h1-6,9,22H,7-8,10-12H2,(H,20,24)(H,21,25). The van der Waals surface area contributed by atoms with Crippen LogP contribution in [0, 0.1) is 0 Å². The Bertz CT molecular complexity index is 930. The van der Waals surface area contributed by atoms with Crippen LogP contribution in [0.25, 0.3) is 10.9 Å². The normalized spacial score (nSPS) is 13.5. The summed E-state index contributed by atoms with van der Waals surface area (Å²) in [7, 11) is 0. The molecule has 134 valence electrons. The summed E-state index contributed by atoms with van der Waals surface area (Å²) >= 11 is 0. The molecule has 1 aromatic carbocycles. The van der Waals surface area contributed by atoms with Crippen LogP contribution in [0.1, 0.15) is 17.0 Å². The number of hydrogen-bond donors (Lipinski definition) is 3. The number of nitrogens with zero attached hydrogens (tertiary/aromatic N) is 1. The second kappa shape index (κ2) is 6.95. The maximum absolute atomic E-state index is 12.4. The zero-order valence-corrected chi connectivity index (χ0v) is 14.2. The monoisotopic (exact) mass is 352 g/mol. The van der Waals surface area contributed by atoms with E-state index in [2.05, 4.69) is 21.7 Å². The first kappa shape index (κ1) is 16.3. The first-order valence-corrected chi connectivity index (χ1v) is 8.61. The summed E-state index contributed by atoms with van der Waals surface area (Å²) in [5.74, 6) is 0.421. The molecule has 0 spiro atoms. The van der Waals surface area contributed by atoms with Crippen molar-refractivity contribution >= 4 is 22.8 Å². The molecule has 1 aliphatic heterocycles. The number of amides is 3. The molecule has 0 fully saturated rings. The second-order valence-corrected chi connectivity index (χ2v) is 6.31. The van der Waals surface area contributed by atoms with Gasteiger partial charge in [0.15, 0.2) is 0 Å². The molecule has 0 aliphatic carbocycles. The predicted octanol–water partition coefficient (Wildman–Crippen LogP) is 2.14. The van der Waals surface area contributed by atoms with E-state index in [1.165, 1.54) is 10.9 Å². The van der Waals surface area contributed by atoms with Gasteiger partial charge in [-0.2, -0.15) is 0 Å². The van der Waals surface area contributed by atoms with Gasteiger partial charge in [0.05, 0.1) is 25.9 Å². The highest BCUT2D eigenvalue weighted by Gasteiger charge is 2.23. The van der Waals surface area contributed by atoms with Gasteiger partial charge in [-0.15, -0.1) is 0 Å². The number of fused-ring (bicyclic) bond motifs is 3. The summed E-state index contributed by atoms with van der Waals surface area (Å²) in [6, 6.07) is 11.5. The van der Waals surface area contributed by atoms with Crippen molar-refractivity contribution in [1.82, 2.24) is 20.5 Å². The smallest absolute Gasteiger partial charge is 0.318 e. The number of furan rings is 1. The Morgan fingerprint density at radius 3 is 2.88 bits per heavy atom. The van der Waals surface area contributed by atoms with Crippen molar-refractivity contribution in [3.63, 3.8) is 0 Å². The maximum Gasteiger partial charge on any atom is 0.318 e. The molecule has 26 heavy (non-hydrogen) atoms. The molecule has 3 heterocycles. The Kier molecular flexibility index (Phi) is 4.35. The van der Waals surface area contributed by atoms with Crippen LogP contribution in [0.15, 0.2) is 47.1 Å². The molecule has 3 N–H and O–H groups in total. The summed E-state index contributed by atoms with van der Waals surface area (Å²) in [5.41, 5.74) is 3.44. The average molecular weight is 352 g/mol. The van der Waals surface area contributed by atoms with Gasteiger partial charge in [0.1, 0.15) is 5.76 Å². The van der Waals surface area contributed by atoms with Gasteiger partial charge in [0.2, 0.25) is 5.91 Å². The highest BCUT2D eigenvalue weighted by molar-refractivity contribution is 5.86. The lowest BCUT2D eigenvalue weighted by Crippen LogP contribution is -2.46. The van der Waals surface area contributed by atoms with Gasteiger partial charge in [-0.1, -0.05) is 18.2 Å². The first-order chi connectivity index (χ1) is 12.7. The zero-order valence-electron chi connectivity index (χ0n) is 14.2. The lowest BCUT2D eigenvalue weighted by molar-refractivity contribution is -0.120. The third kappa shape index (κ3) is 3.28. The minimum Gasteiger partial charge on any atom is -0.467 e. The van der Waals surface area contributed by atoms with E-state index in [9.17, 15) is 9.59 Å². The number of carbonyl (C=O) groups excluding carboxylic acids is 2. The van der Waals surface area contributed by atoms with E-state index in [1.807, 2.05) is 18.2 Å². The number of hydrogen-bond acceptors (Lipinski definition) is 3. The third-order valence-corrected chi connectivity index (χ3v) is 4.61. The van der Waals surface area contributed by atoms with Crippen LogP contribution in [0.4, 0.5) is 4.79 Å². The molecule has 1 aliphatic rings. The fourth-order valence-corrected chi connectivity index (χ4v) is 3.30. The van der Waals surface area contributed by atoms with Crippen LogP contribution >= 0.6 is 0 Å². The molecular weight excluding hydrogens is 332 g/mol. The van der Waals surface area contributed by atoms with Gasteiger partial charge in [-0.3, -0.25) is 4.79 Å².